The number of benzene rings is 1. The van der Waals surface area contributed by atoms with Crippen LogP contribution in [0, 0.1) is 13.8 Å². The van der Waals surface area contributed by atoms with Gasteiger partial charge in [0.1, 0.15) is 17.4 Å². The van der Waals surface area contributed by atoms with Gasteiger partial charge in [0, 0.05) is 16.0 Å². The van der Waals surface area contributed by atoms with Gasteiger partial charge in [-0.2, -0.15) is 0 Å². The van der Waals surface area contributed by atoms with Crippen LogP contribution in [-0.4, -0.2) is 14.8 Å². The van der Waals surface area contributed by atoms with Crippen molar-refractivity contribution in [2.45, 2.75) is 46.3 Å². The van der Waals surface area contributed by atoms with E-state index in [4.69, 9.17) is 4.74 Å². The molecule has 3 heterocycles. The summed E-state index contributed by atoms with van der Waals surface area (Å²) in [5.74, 6) is 1.82. The number of ether oxygens (including phenoxy) is 1. The lowest BCUT2D eigenvalue weighted by Crippen LogP contribution is -2.01. The lowest BCUT2D eigenvalue weighted by Gasteiger charge is -2.13. The Bertz CT molecular complexity index is 1030. The minimum atomic E-state index is 0.510. The van der Waals surface area contributed by atoms with Crippen LogP contribution in [0.1, 0.15) is 51.6 Å². The topological polar surface area (TPSA) is 39.9 Å². The van der Waals surface area contributed by atoms with Crippen molar-refractivity contribution < 1.29 is 4.74 Å². The van der Waals surface area contributed by atoms with Gasteiger partial charge in [-0.05, 0) is 49.8 Å². The Labute approximate surface area is 157 Å². The Morgan fingerprint density at radius 3 is 2.92 bits per heavy atom. The number of rotatable bonds is 1. The molecule has 5 rings (SSSR count). The highest BCUT2D eigenvalue weighted by atomic mass is 32.1. The van der Waals surface area contributed by atoms with Crippen LogP contribution in [0.4, 0.5) is 0 Å². The highest BCUT2D eigenvalue weighted by Gasteiger charge is 2.27. The molecule has 0 fully saturated rings. The molecule has 0 N–H and O–H groups in total. The van der Waals surface area contributed by atoms with E-state index in [9.17, 15) is 0 Å². The highest BCUT2D eigenvalue weighted by Crippen LogP contribution is 2.42. The van der Waals surface area contributed by atoms with E-state index in [2.05, 4.69) is 52.0 Å². The molecule has 3 aromatic rings. The standard InChI is InChI=1S/C21H21N3OS/c1-13-20(17-10-6-4-8-15-7-3-5-9-16(15)17)18-11-25-12-19-23-22-14(2)24(19)21(18)26-13/h3,5,7,9-10H,4,6,8,11-12H2,1-2H3. The number of nitrogens with zero attached hydrogens (tertiary/aromatic N) is 3. The normalized spacial score (nSPS) is 16.2. The van der Waals surface area contributed by atoms with Gasteiger partial charge in [0.05, 0.1) is 6.61 Å². The van der Waals surface area contributed by atoms with Crippen LogP contribution in [0.25, 0.3) is 10.6 Å². The van der Waals surface area contributed by atoms with Crippen molar-refractivity contribution in [3.63, 3.8) is 0 Å². The Kier molecular flexibility index (Phi) is 3.80. The summed E-state index contributed by atoms with van der Waals surface area (Å²) in [6.07, 6.45) is 5.89. The Morgan fingerprint density at radius 2 is 2.00 bits per heavy atom. The summed E-state index contributed by atoms with van der Waals surface area (Å²) in [5.41, 5.74) is 6.81. The van der Waals surface area contributed by atoms with Crippen LogP contribution in [0.5, 0.6) is 0 Å². The van der Waals surface area contributed by atoms with E-state index in [0.717, 1.165) is 24.5 Å². The van der Waals surface area contributed by atoms with E-state index in [1.807, 2.05) is 18.3 Å². The van der Waals surface area contributed by atoms with E-state index in [1.54, 1.807) is 0 Å². The van der Waals surface area contributed by atoms with Gasteiger partial charge >= 0.3 is 0 Å². The number of aryl methyl sites for hydroxylation is 3. The summed E-state index contributed by atoms with van der Waals surface area (Å²) in [5, 5.41) is 9.78. The first-order valence-corrected chi connectivity index (χ1v) is 9.96. The second-order valence-electron chi connectivity index (χ2n) is 6.98. The van der Waals surface area contributed by atoms with Crippen LogP contribution in [0.3, 0.4) is 0 Å². The number of allylic oxidation sites excluding steroid dienone is 1. The fourth-order valence-corrected chi connectivity index (χ4v) is 5.38. The lowest BCUT2D eigenvalue weighted by molar-refractivity contribution is 0.105. The molecule has 0 amide bonds. The van der Waals surface area contributed by atoms with E-state index in [1.165, 1.54) is 44.1 Å². The summed E-state index contributed by atoms with van der Waals surface area (Å²) >= 11 is 1.83. The molecular formula is C21H21N3OS. The quantitative estimate of drug-likeness (QED) is 0.627. The molecule has 0 saturated carbocycles. The Hall–Kier alpha value is -2.24. The van der Waals surface area contributed by atoms with Crippen molar-refractivity contribution >= 4 is 16.9 Å². The zero-order valence-electron chi connectivity index (χ0n) is 15.1. The Balaban J connectivity index is 1.75. The van der Waals surface area contributed by atoms with Crippen molar-refractivity contribution in [1.82, 2.24) is 14.8 Å². The minimum absolute atomic E-state index is 0.510. The molecule has 0 spiro atoms. The molecule has 2 aromatic heterocycles. The van der Waals surface area contributed by atoms with Gasteiger partial charge in [0.15, 0.2) is 5.82 Å². The van der Waals surface area contributed by atoms with Gasteiger partial charge in [-0.15, -0.1) is 21.5 Å². The zero-order valence-corrected chi connectivity index (χ0v) is 15.9. The molecule has 1 aromatic carbocycles. The predicted molar refractivity (Wildman–Crippen MR) is 104 cm³/mol. The smallest absolute Gasteiger partial charge is 0.164 e. The molecule has 0 bridgehead atoms. The fourth-order valence-electron chi connectivity index (χ4n) is 4.14. The van der Waals surface area contributed by atoms with Crippen LogP contribution in [0.2, 0.25) is 0 Å². The minimum Gasteiger partial charge on any atom is -0.369 e. The van der Waals surface area contributed by atoms with E-state index in [0.29, 0.717) is 13.2 Å². The van der Waals surface area contributed by atoms with Crippen molar-refractivity contribution in [2.75, 3.05) is 0 Å². The average molecular weight is 363 g/mol. The van der Waals surface area contributed by atoms with Crippen LogP contribution in [-0.2, 0) is 24.4 Å². The second-order valence-corrected chi connectivity index (χ2v) is 8.18. The summed E-state index contributed by atoms with van der Waals surface area (Å²) in [7, 11) is 0. The monoisotopic (exact) mass is 363 g/mol. The third-order valence-electron chi connectivity index (χ3n) is 5.31. The van der Waals surface area contributed by atoms with Crippen molar-refractivity contribution in [1.29, 1.82) is 0 Å². The SMILES string of the molecule is Cc1sc2c(c1C1=CCCCc3ccccc31)COCc1nnc(C)n1-2. The van der Waals surface area contributed by atoms with Gasteiger partial charge in [-0.1, -0.05) is 30.3 Å². The van der Waals surface area contributed by atoms with Crippen LogP contribution >= 0.6 is 11.3 Å². The molecule has 0 unspecified atom stereocenters. The molecule has 5 heteroatoms. The molecule has 4 nitrogen and oxygen atoms in total. The van der Waals surface area contributed by atoms with Crippen LogP contribution < -0.4 is 0 Å². The third kappa shape index (κ3) is 2.38. The summed E-state index contributed by atoms with van der Waals surface area (Å²) in [6.45, 7) is 5.37. The molecule has 2 aliphatic rings. The molecule has 26 heavy (non-hydrogen) atoms. The van der Waals surface area contributed by atoms with Crippen molar-refractivity contribution in [2.24, 2.45) is 0 Å². The summed E-state index contributed by atoms with van der Waals surface area (Å²) in [4.78, 5) is 1.34. The largest absolute Gasteiger partial charge is 0.369 e. The van der Waals surface area contributed by atoms with Crippen LogP contribution in [0.15, 0.2) is 30.3 Å². The first-order valence-electron chi connectivity index (χ1n) is 9.14. The number of thiophene rings is 1. The molecule has 1 aliphatic heterocycles. The molecule has 132 valence electrons. The van der Waals surface area contributed by atoms with Gasteiger partial charge < -0.3 is 4.74 Å². The van der Waals surface area contributed by atoms with Gasteiger partial charge in [0.2, 0.25) is 0 Å². The molecule has 0 radical (unpaired) electrons. The Morgan fingerprint density at radius 1 is 1.12 bits per heavy atom. The maximum Gasteiger partial charge on any atom is 0.164 e. The van der Waals surface area contributed by atoms with E-state index >= 15 is 0 Å². The maximum absolute atomic E-state index is 5.98. The first kappa shape index (κ1) is 16.0. The van der Waals surface area contributed by atoms with Crippen molar-refractivity contribution in [3.05, 3.63) is 69.1 Å². The number of aromatic nitrogens is 3. The third-order valence-corrected chi connectivity index (χ3v) is 6.44. The number of hydrogen-bond donors (Lipinski definition) is 0. The number of hydrogen-bond acceptors (Lipinski definition) is 4. The first-order chi connectivity index (χ1) is 12.7. The molecular weight excluding hydrogens is 342 g/mol. The second kappa shape index (κ2) is 6.18. The van der Waals surface area contributed by atoms with Gasteiger partial charge in [0.25, 0.3) is 0 Å². The molecule has 1 aliphatic carbocycles. The van der Waals surface area contributed by atoms with Crippen molar-refractivity contribution in [3.8, 4) is 5.00 Å². The number of fused-ring (bicyclic) bond motifs is 4. The van der Waals surface area contributed by atoms with E-state index in [-0.39, 0.29) is 0 Å². The van der Waals surface area contributed by atoms with Gasteiger partial charge in [-0.25, -0.2) is 0 Å². The lowest BCUT2D eigenvalue weighted by atomic mass is 9.92. The zero-order chi connectivity index (χ0) is 17.7. The summed E-state index contributed by atoms with van der Waals surface area (Å²) in [6, 6.07) is 8.84. The summed E-state index contributed by atoms with van der Waals surface area (Å²) < 4.78 is 8.15. The average Bonchev–Trinajstić information content (AvgIpc) is 2.99. The highest BCUT2D eigenvalue weighted by molar-refractivity contribution is 7.15. The molecule has 0 saturated heterocycles. The predicted octanol–water partition coefficient (Wildman–Crippen LogP) is 4.74. The molecule has 0 atom stereocenters. The fraction of sp³-hybridized carbons (Fsp3) is 0.333. The van der Waals surface area contributed by atoms with E-state index < -0.39 is 0 Å². The maximum atomic E-state index is 5.98. The van der Waals surface area contributed by atoms with Gasteiger partial charge in [-0.3, -0.25) is 4.57 Å².